The number of carbonyl (C=O) groups is 3. The SMILES string of the molecule is CCc1ccc(C2CNCCN2C(=O)CCC(=O)NCCNC(C)=O)cc1. The summed E-state index contributed by atoms with van der Waals surface area (Å²) in [5.74, 6) is -0.304. The minimum Gasteiger partial charge on any atom is -0.355 e. The second-order valence-electron chi connectivity index (χ2n) is 6.74. The molecule has 7 nitrogen and oxygen atoms in total. The molecule has 1 atom stereocenters. The van der Waals surface area contributed by atoms with Gasteiger partial charge in [0.15, 0.2) is 0 Å². The molecule has 27 heavy (non-hydrogen) atoms. The lowest BCUT2D eigenvalue weighted by Gasteiger charge is -2.36. The lowest BCUT2D eigenvalue weighted by molar-refractivity contribution is -0.136. The Morgan fingerprint density at radius 1 is 1.11 bits per heavy atom. The Morgan fingerprint density at radius 2 is 1.81 bits per heavy atom. The molecule has 0 aromatic heterocycles. The standard InChI is InChI=1S/C20H30N4O3/c1-3-16-4-6-17(7-5-16)18-14-21-12-13-24(18)20(27)9-8-19(26)23-11-10-22-15(2)25/h4-7,18,21H,3,8-14H2,1-2H3,(H,22,25)(H,23,26). The van der Waals surface area contributed by atoms with Gasteiger partial charge in [-0.05, 0) is 17.5 Å². The van der Waals surface area contributed by atoms with Gasteiger partial charge in [0.25, 0.3) is 0 Å². The third-order valence-corrected chi connectivity index (χ3v) is 4.72. The fourth-order valence-corrected chi connectivity index (χ4v) is 3.17. The van der Waals surface area contributed by atoms with Crippen LogP contribution in [0.3, 0.4) is 0 Å². The number of piperazine rings is 1. The van der Waals surface area contributed by atoms with Crippen LogP contribution < -0.4 is 16.0 Å². The molecule has 1 aliphatic rings. The highest BCUT2D eigenvalue weighted by Crippen LogP contribution is 2.23. The highest BCUT2D eigenvalue weighted by Gasteiger charge is 2.27. The lowest BCUT2D eigenvalue weighted by atomic mass is 10.0. The molecule has 148 valence electrons. The molecule has 1 aromatic carbocycles. The smallest absolute Gasteiger partial charge is 0.223 e. The number of amides is 3. The summed E-state index contributed by atoms with van der Waals surface area (Å²) >= 11 is 0. The Labute approximate surface area is 160 Å². The van der Waals surface area contributed by atoms with E-state index in [1.54, 1.807) is 0 Å². The highest BCUT2D eigenvalue weighted by molar-refractivity contribution is 5.84. The number of carbonyl (C=O) groups excluding carboxylic acids is 3. The maximum absolute atomic E-state index is 12.7. The second-order valence-corrected chi connectivity index (χ2v) is 6.74. The number of aryl methyl sites for hydroxylation is 1. The minimum atomic E-state index is -0.173. The van der Waals surface area contributed by atoms with E-state index >= 15 is 0 Å². The van der Waals surface area contributed by atoms with E-state index in [4.69, 9.17) is 0 Å². The van der Waals surface area contributed by atoms with Crippen LogP contribution in [0.15, 0.2) is 24.3 Å². The number of hydrogen-bond acceptors (Lipinski definition) is 4. The van der Waals surface area contributed by atoms with Crippen LogP contribution in [-0.2, 0) is 20.8 Å². The summed E-state index contributed by atoms with van der Waals surface area (Å²) in [5, 5.41) is 8.68. The molecule has 3 N–H and O–H groups in total. The maximum Gasteiger partial charge on any atom is 0.223 e. The van der Waals surface area contributed by atoms with Gasteiger partial charge in [0.1, 0.15) is 0 Å². The fraction of sp³-hybridized carbons (Fsp3) is 0.550. The molecule has 0 aliphatic carbocycles. The van der Waals surface area contributed by atoms with Crippen molar-refractivity contribution in [3.05, 3.63) is 35.4 Å². The lowest BCUT2D eigenvalue weighted by Crippen LogP contribution is -2.48. The van der Waals surface area contributed by atoms with Crippen molar-refractivity contribution in [1.29, 1.82) is 0 Å². The van der Waals surface area contributed by atoms with Gasteiger partial charge in [-0.25, -0.2) is 0 Å². The highest BCUT2D eigenvalue weighted by atomic mass is 16.2. The largest absolute Gasteiger partial charge is 0.355 e. The van der Waals surface area contributed by atoms with Gasteiger partial charge in [-0.1, -0.05) is 31.2 Å². The summed E-state index contributed by atoms with van der Waals surface area (Å²) < 4.78 is 0. The zero-order chi connectivity index (χ0) is 19.6. The fourth-order valence-electron chi connectivity index (χ4n) is 3.17. The Morgan fingerprint density at radius 3 is 2.48 bits per heavy atom. The number of benzene rings is 1. The predicted octanol–water partition coefficient (Wildman–Crippen LogP) is 0.754. The van der Waals surface area contributed by atoms with Crippen LogP contribution in [0.4, 0.5) is 0 Å². The summed E-state index contributed by atoms with van der Waals surface area (Å²) in [6, 6.07) is 8.39. The van der Waals surface area contributed by atoms with E-state index in [0.29, 0.717) is 19.6 Å². The van der Waals surface area contributed by atoms with Crippen LogP contribution in [0.25, 0.3) is 0 Å². The molecular formula is C20H30N4O3. The predicted molar refractivity (Wildman–Crippen MR) is 104 cm³/mol. The Kier molecular flexibility index (Phi) is 8.26. The van der Waals surface area contributed by atoms with E-state index in [2.05, 4.69) is 47.1 Å². The molecular weight excluding hydrogens is 344 g/mol. The monoisotopic (exact) mass is 374 g/mol. The van der Waals surface area contributed by atoms with Crippen molar-refractivity contribution in [2.45, 2.75) is 39.2 Å². The van der Waals surface area contributed by atoms with Crippen molar-refractivity contribution in [2.24, 2.45) is 0 Å². The zero-order valence-electron chi connectivity index (χ0n) is 16.2. The molecule has 0 saturated carbocycles. The van der Waals surface area contributed by atoms with Crippen molar-refractivity contribution in [3.8, 4) is 0 Å². The van der Waals surface area contributed by atoms with Crippen LogP contribution >= 0.6 is 0 Å². The summed E-state index contributed by atoms with van der Waals surface area (Å²) in [6.07, 6.45) is 1.34. The van der Waals surface area contributed by atoms with E-state index in [-0.39, 0.29) is 36.6 Å². The van der Waals surface area contributed by atoms with Crippen LogP contribution in [-0.4, -0.2) is 55.3 Å². The molecule has 1 saturated heterocycles. The van der Waals surface area contributed by atoms with Gasteiger partial charge < -0.3 is 20.9 Å². The molecule has 0 bridgehead atoms. The van der Waals surface area contributed by atoms with Crippen LogP contribution in [0, 0.1) is 0 Å². The Hall–Kier alpha value is -2.41. The van der Waals surface area contributed by atoms with E-state index in [9.17, 15) is 14.4 Å². The van der Waals surface area contributed by atoms with Crippen LogP contribution in [0.5, 0.6) is 0 Å². The van der Waals surface area contributed by atoms with Crippen molar-refractivity contribution in [2.75, 3.05) is 32.7 Å². The number of nitrogens with one attached hydrogen (secondary N) is 3. The normalized spacial score (nSPS) is 16.7. The topological polar surface area (TPSA) is 90.5 Å². The van der Waals surface area contributed by atoms with Gasteiger partial charge in [-0.2, -0.15) is 0 Å². The first-order valence-corrected chi connectivity index (χ1v) is 9.61. The molecule has 3 amide bonds. The molecule has 1 aromatic rings. The molecule has 0 spiro atoms. The van der Waals surface area contributed by atoms with Crippen molar-refractivity contribution < 1.29 is 14.4 Å². The third-order valence-electron chi connectivity index (χ3n) is 4.72. The van der Waals surface area contributed by atoms with Gasteiger partial charge in [0.2, 0.25) is 17.7 Å². The maximum atomic E-state index is 12.7. The number of hydrogen-bond donors (Lipinski definition) is 3. The average molecular weight is 374 g/mol. The Bertz CT molecular complexity index is 645. The first kappa shape index (κ1) is 20.9. The van der Waals surface area contributed by atoms with Gasteiger partial charge >= 0.3 is 0 Å². The van der Waals surface area contributed by atoms with E-state index in [1.807, 2.05) is 4.90 Å². The molecule has 1 heterocycles. The summed E-state index contributed by atoms with van der Waals surface area (Å²) in [7, 11) is 0. The molecule has 1 unspecified atom stereocenters. The van der Waals surface area contributed by atoms with Crippen molar-refractivity contribution in [3.63, 3.8) is 0 Å². The first-order valence-electron chi connectivity index (χ1n) is 9.61. The average Bonchev–Trinajstić information content (AvgIpc) is 2.69. The molecule has 0 radical (unpaired) electrons. The zero-order valence-corrected chi connectivity index (χ0v) is 16.2. The quantitative estimate of drug-likeness (QED) is 0.586. The summed E-state index contributed by atoms with van der Waals surface area (Å²) in [4.78, 5) is 37.2. The second kappa shape index (κ2) is 10.7. The van der Waals surface area contributed by atoms with E-state index < -0.39 is 0 Å². The van der Waals surface area contributed by atoms with Crippen LogP contribution in [0.1, 0.15) is 43.9 Å². The van der Waals surface area contributed by atoms with Crippen molar-refractivity contribution >= 4 is 17.7 Å². The number of rotatable bonds is 8. The molecule has 1 fully saturated rings. The Balaban J connectivity index is 1.85. The summed E-state index contributed by atoms with van der Waals surface area (Å²) in [5.41, 5.74) is 2.39. The molecule has 2 rings (SSSR count). The molecule has 1 aliphatic heterocycles. The minimum absolute atomic E-state index is 0.0000149. The first-order chi connectivity index (χ1) is 13.0. The van der Waals surface area contributed by atoms with Gasteiger partial charge in [-0.3, -0.25) is 14.4 Å². The van der Waals surface area contributed by atoms with E-state index in [0.717, 1.165) is 25.1 Å². The summed E-state index contributed by atoms with van der Waals surface area (Å²) in [6.45, 7) is 6.44. The van der Waals surface area contributed by atoms with Gasteiger partial charge in [-0.15, -0.1) is 0 Å². The van der Waals surface area contributed by atoms with E-state index in [1.165, 1.54) is 12.5 Å². The van der Waals surface area contributed by atoms with Gasteiger partial charge in [0.05, 0.1) is 6.04 Å². The van der Waals surface area contributed by atoms with Gasteiger partial charge in [0, 0.05) is 52.5 Å². The molecule has 7 heteroatoms. The third kappa shape index (κ3) is 6.67. The number of nitrogens with zero attached hydrogens (tertiary/aromatic N) is 1. The van der Waals surface area contributed by atoms with Crippen molar-refractivity contribution in [1.82, 2.24) is 20.9 Å². The van der Waals surface area contributed by atoms with Crippen LogP contribution in [0.2, 0.25) is 0 Å².